The van der Waals surface area contributed by atoms with Crippen LogP contribution in [0.15, 0.2) is 18.3 Å². The minimum Gasteiger partial charge on any atom is -0.389 e. The number of pyridine rings is 1. The first-order valence-electron chi connectivity index (χ1n) is 5.75. The molecule has 2 N–H and O–H groups in total. The lowest BCUT2D eigenvalue weighted by molar-refractivity contribution is 0.750. The van der Waals surface area contributed by atoms with Gasteiger partial charge < -0.3 is 10.6 Å². The molecular weight excluding hydrogens is 218 g/mol. The Hall–Kier alpha value is -1.16. The summed E-state index contributed by atoms with van der Waals surface area (Å²) in [7, 11) is 0. The minimum atomic E-state index is 0.441. The molecule has 1 saturated carbocycles. The first-order chi connectivity index (χ1) is 7.72. The van der Waals surface area contributed by atoms with Crippen molar-refractivity contribution in [2.24, 2.45) is 5.73 Å². The lowest BCUT2D eigenvalue weighted by Gasteiger charge is -2.23. The lowest BCUT2D eigenvalue weighted by Crippen LogP contribution is -2.27. The number of thiocarbonyl (C=S) groups is 1. The highest BCUT2D eigenvalue weighted by Crippen LogP contribution is 2.30. The van der Waals surface area contributed by atoms with Crippen molar-refractivity contribution in [2.45, 2.75) is 32.2 Å². The predicted octanol–water partition coefficient (Wildman–Crippen LogP) is 2.09. The fraction of sp³-hybridized carbons (Fsp3) is 0.500. The van der Waals surface area contributed by atoms with Gasteiger partial charge in [-0.3, -0.25) is 0 Å². The third kappa shape index (κ3) is 2.50. The summed E-state index contributed by atoms with van der Waals surface area (Å²) in [4.78, 5) is 7.22. The van der Waals surface area contributed by atoms with E-state index in [-0.39, 0.29) is 0 Å². The van der Waals surface area contributed by atoms with Crippen LogP contribution in [0.5, 0.6) is 0 Å². The minimum absolute atomic E-state index is 0.441. The Balaban J connectivity index is 2.22. The molecule has 1 aliphatic rings. The highest BCUT2D eigenvalue weighted by atomic mass is 32.1. The van der Waals surface area contributed by atoms with Crippen LogP contribution in [-0.2, 0) is 0 Å². The van der Waals surface area contributed by atoms with Gasteiger partial charge in [-0.1, -0.05) is 19.1 Å². The van der Waals surface area contributed by atoms with E-state index in [2.05, 4.69) is 16.8 Å². The molecule has 0 saturated heterocycles. The molecule has 86 valence electrons. The molecule has 1 aromatic rings. The normalized spacial score (nSPS) is 14.8. The van der Waals surface area contributed by atoms with Crippen LogP contribution in [-0.4, -0.2) is 22.6 Å². The molecule has 4 heteroatoms. The molecule has 0 bridgehead atoms. The van der Waals surface area contributed by atoms with Crippen LogP contribution in [0.25, 0.3) is 0 Å². The molecule has 1 aromatic heterocycles. The van der Waals surface area contributed by atoms with Gasteiger partial charge in [-0.05, 0) is 31.4 Å². The van der Waals surface area contributed by atoms with Crippen molar-refractivity contribution in [1.82, 2.24) is 4.98 Å². The Morgan fingerprint density at radius 2 is 2.38 bits per heavy atom. The molecule has 0 unspecified atom stereocenters. The Kier molecular flexibility index (Phi) is 3.39. The Bertz CT molecular complexity index is 388. The zero-order chi connectivity index (χ0) is 11.5. The first kappa shape index (κ1) is 11.3. The number of hydrogen-bond acceptors (Lipinski definition) is 3. The van der Waals surface area contributed by atoms with Gasteiger partial charge in [0.2, 0.25) is 0 Å². The summed E-state index contributed by atoms with van der Waals surface area (Å²) < 4.78 is 0. The molecule has 0 aromatic carbocycles. The maximum absolute atomic E-state index is 5.63. The number of aromatic nitrogens is 1. The number of rotatable bonds is 5. The van der Waals surface area contributed by atoms with Crippen molar-refractivity contribution in [3.8, 4) is 0 Å². The summed E-state index contributed by atoms with van der Waals surface area (Å²) in [6.45, 7) is 3.24. The van der Waals surface area contributed by atoms with Gasteiger partial charge in [-0.2, -0.15) is 0 Å². The van der Waals surface area contributed by atoms with Gasteiger partial charge >= 0.3 is 0 Å². The van der Waals surface area contributed by atoms with Crippen LogP contribution >= 0.6 is 12.2 Å². The summed E-state index contributed by atoms with van der Waals surface area (Å²) in [5.74, 6) is 1.01. The third-order valence-corrected chi connectivity index (χ3v) is 3.01. The zero-order valence-electron chi connectivity index (χ0n) is 9.52. The maximum Gasteiger partial charge on any atom is 0.129 e. The molecule has 0 atom stereocenters. The van der Waals surface area contributed by atoms with Crippen LogP contribution in [0, 0.1) is 0 Å². The second-order valence-corrected chi connectivity index (χ2v) is 4.63. The molecule has 0 spiro atoms. The molecule has 3 nitrogen and oxygen atoms in total. The van der Waals surface area contributed by atoms with Gasteiger partial charge in [0.05, 0.1) is 0 Å². The first-order valence-corrected chi connectivity index (χ1v) is 6.15. The standard InChI is InChI=1S/C12H17N3S/c1-2-7-15(10-3-4-10)11-8-9(12(13)16)5-6-14-11/h5-6,8,10H,2-4,7H2,1H3,(H2,13,16). The van der Waals surface area contributed by atoms with Crippen molar-refractivity contribution < 1.29 is 0 Å². The predicted molar refractivity (Wildman–Crippen MR) is 70.8 cm³/mol. The highest BCUT2D eigenvalue weighted by Gasteiger charge is 2.29. The molecule has 2 rings (SSSR count). The second-order valence-electron chi connectivity index (χ2n) is 4.19. The van der Waals surface area contributed by atoms with Crippen LogP contribution in [0.4, 0.5) is 5.82 Å². The third-order valence-electron chi connectivity index (χ3n) is 2.78. The maximum atomic E-state index is 5.63. The van der Waals surface area contributed by atoms with E-state index in [0.717, 1.165) is 24.3 Å². The van der Waals surface area contributed by atoms with E-state index in [1.54, 1.807) is 6.20 Å². The van der Waals surface area contributed by atoms with Crippen molar-refractivity contribution in [3.05, 3.63) is 23.9 Å². The summed E-state index contributed by atoms with van der Waals surface area (Å²) in [5, 5.41) is 0. The van der Waals surface area contributed by atoms with Gasteiger partial charge in [-0.25, -0.2) is 4.98 Å². The van der Waals surface area contributed by atoms with Crippen molar-refractivity contribution in [3.63, 3.8) is 0 Å². The number of hydrogen-bond donors (Lipinski definition) is 1. The fourth-order valence-electron chi connectivity index (χ4n) is 1.84. The van der Waals surface area contributed by atoms with Crippen LogP contribution in [0.2, 0.25) is 0 Å². The summed E-state index contributed by atoms with van der Waals surface area (Å²) in [5.41, 5.74) is 6.54. The van der Waals surface area contributed by atoms with E-state index < -0.39 is 0 Å². The second kappa shape index (κ2) is 4.78. The van der Waals surface area contributed by atoms with Gasteiger partial charge in [0, 0.05) is 24.3 Å². The Morgan fingerprint density at radius 3 is 2.94 bits per heavy atom. The molecule has 16 heavy (non-hydrogen) atoms. The van der Waals surface area contributed by atoms with E-state index in [4.69, 9.17) is 18.0 Å². The van der Waals surface area contributed by atoms with Gasteiger partial charge in [-0.15, -0.1) is 0 Å². The average molecular weight is 235 g/mol. The van der Waals surface area contributed by atoms with E-state index in [1.165, 1.54) is 12.8 Å². The summed E-state index contributed by atoms with van der Waals surface area (Å²) in [6, 6.07) is 4.54. The molecule has 0 aliphatic heterocycles. The highest BCUT2D eigenvalue weighted by molar-refractivity contribution is 7.80. The SMILES string of the molecule is CCCN(c1cc(C(N)=S)ccn1)C1CC1. The smallest absolute Gasteiger partial charge is 0.129 e. The number of anilines is 1. The zero-order valence-corrected chi connectivity index (χ0v) is 10.3. The summed E-state index contributed by atoms with van der Waals surface area (Å²) >= 11 is 4.99. The van der Waals surface area contributed by atoms with E-state index in [9.17, 15) is 0 Å². The molecule has 1 fully saturated rings. The van der Waals surface area contributed by atoms with E-state index in [0.29, 0.717) is 11.0 Å². The Morgan fingerprint density at radius 1 is 1.62 bits per heavy atom. The van der Waals surface area contributed by atoms with Crippen LogP contribution < -0.4 is 10.6 Å². The molecular formula is C12H17N3S. The van der Waals surface area contributed by atoms with Crippen molar-refractivity contribution in [1.29, 1.82) is 0 Å². The fourth-order valence-corrected chi connectivity index (χ4v) is 1.97. The lowest BCUT2D eigenvalue weighted by atomic mass is 10.2. The number of nitrogens with two attached hydrogens (primary N) is 1. The molecule has 1 heterocycles. The molecule has 0 amide bonds. The van der Waals surface area contributed by atoms with E-state index in [1.807, 2.05) is 12.1 Å². The summed E-state index contributed by atoms with van der Waals surface area (Å²) in [6.07, 6.45) is 5.47. The monoisotopic (exact) mass is 235 g/mol. The largest absolute Gasteiger partial charge is 0.389 e. The molecule has 0 radical (unpaired) electrons. The quantitative estimate of drug-likeness (QED) is 0.794. The van der Waals surface area contributed by atoms with Crippen LogP contribution in [0.1, 0.15) is 31.7 Å². The molecule has 1 aliphatic carbocycles. The van der Waals surface area contributed by atoms with Crippen molar-refractivity contribution in [2.75, 3.05) is 11.4 Å². The van der Waals surface area contributed by atoms with Crippen LogP contribution in [0.3, 0.4) is 0 Å². The van der Waals surface area contributed by atoms with Gasteiger partial charge in [0.25, 0.3) is 0 Å². The average Bonchev–Trinajstić information content (AvgIpc) is 3.10. The van der Waals surface area contributed by atoms with Gasteiger partial charge in [0.1, 0.15) is 10.8 Å². The van der Waals surface area contributed by atoms with Gasteiger partial charge in [0.15, 0.2) is 0 Å². The van der Waals surface area contributed by atoms with Crippen molar-refractivity contribution >= 4 is 23.0 Å². The number of nitrogens with zero attached hydrogens (tertiary/aromatic N) is 2. The Labute approximate surface area is 102 Å². The topological polar surface area (TPSA) is 42.1 Å². The van der Waals surface area contributed by atoms with E-state index >= 15 is 0 Å².